The Morgan fingerprint density at radius 1 is 1.15 bits per heavy atom. The van der Waals surface area contributed by atoms with Crippen LogP contribution in [-0.4, -0.2) is 21.5 Å². The number of hydrazone groups is 1. The molecule has 2 aromatic carbocycles. The van der Waals surface area contributed by atoms with Crippen molar-refractivity contribution >= 4 is 44.0 Å². The summed E-state index contributed by atoms with van der Waals surface area (Å²) in [5.41, 5.74) is 5.54. The first-order valence-corrected chi connectivity index (χ1v) is 8.20. The summed E-state index contributed by atoms with van der Waals surface area (Å²) in [6, 6.07) is 12.2. The molecule has 0 aliphatic heterocycles. The summed E-state index contributed by atoms with van der Waals surface area (Å²) in [5.74, 6) is -0.200. The number of halogens is 1. The van der Waals surface area contributed by atoms with E-state index in [1.807, 2.05) is 12.1 Å². The van der Waals surface area contributed by atoms with Crippen molar-refractivity contribution in [2.45, 2.75) is 0 Å². The van der Waals surface area contributed by atoms with E-state index >= 15 is 0 Å². The Morgan fingerprint density at radius 2 is 1.88 bits per heavy atom. The van der Waals surface area contributed by atoms with E-state index in [9.17, 15) is 4.79 Å². The third-order valence-electron chi connectivity index (χ3n) is 4.02. The molecule has 0 spiro atoms. The fourth-order valence-corrected chi connectivity index (χ4v) is 3.48. The summed E-state index contributed by atoms with van der Waals surface area (Å²) >= 11 is 3.45. The zero-order chi connectivity index (χ0) is 18.3. The van der Waals surface area contributed by atoms with Crippen LogP contribution in [-0.2, 0) is 0 Å². The molecule has 8 heteroatoms. The second-order valence-electron chi connectivity index (χ2n) is 5.40. The number of rotatable bonds is 2. The van der Waals surface area contributed by atoms with Gasteiger partial charge in [0.25, 0.3) is 0 Å². The van der Waals surface area contributed by atoms with Gasteiger partial charge in [-0.15, -0.1) is 0 Å². The molecule has 1 N–H and O–H groups in total. The van der Waals surface area contributed by atoms with Crippen LogP contribution < -0.4 is 5.43 Å². The van der Waals surface area contributed by atoms with Crippen LogP contribution in [0.3, 0.4) is 0 Å². The van der Waals surface area contributed by atoms with Gasteiger partial charge in [0, 0.05) is 21.0 Å². The lowest BCUT2D eigenvalue weighted by Gasteiger charge is -2.21. The van der Waals surface area contributed by atoms with Gasteiger partial charge in [-0.2, -0.15) is 15.6 Å². The van der Waals surface area contributed by atoms with Crippen molar-refractivity contribution in [3.63, 3.8) is 0 Å². The van der Waals surface area contributed by atoms with Crippen molar-refractivity contribution < 1.29 is 4.79 Å². The minimum absolute atomic E-state index is 0.200. The second-order valence-corrected chi connectivity index (χ2v) is 6.25. The number of benzene rings is 2. The maximum absolute atomic E-state index is 13.1. The molecule has 1 aliphatic rings. The lowest BCUT2D eigenvalue weighted by Crippen LogP contribution is -2.14. The topological polar surface area (TPSA) is 115 Å². The zero-order valence-electron chi connectivity index (χ0n) is 13.0. The van der Waals surface area contributed by atoms with Crippen molar-refractivity contribution in [2.75, 3.05) is 5.43 Å². The number of carbonyl (C=O) groups is 1. The van der Waals surface area contributed by atoms with Gasteiger partial charge in [0.1, 0.15) is 18.5 Å². The zero-order valence-corrected chi connectivity index (χ0v) is 14.6. The first-order valence-electron chi connectivity index (χ1n) is 7.41. The molecule has 0 saturated carbocycles. The van der Waals surface area contributed by atoms with E-state index in [0.29, 0.717) is 37.9 Å². The van der Waals surface area contributed by atoms with E-state index in [1.54, 1.807) is 30.3 Å². The summed E-state index contributed by atoms with van der Waals surface area (Å²) < 4.78 is 0.639. The Balaban J connectivity index is 2.07. The molecule has 0 fully saturated rings. The lowest BCUT2D eigenvalue weighted by atomic mass is 9.86. The first-order chi connectivity index (χ1) is 12.7. The molecule has 0 bridgehead atoms. The van der Waals surface area contributed by atoms with Gasteiger partial charge in [0.15, 0.2) is 5.78 Å². The molecule has 1 heterocycles. The third-order valence-corrected chi connectivity index (χ3v) is 4.62. The van der Waals surface area contributed by atoms with E-state index in [0.717, 1.165) is 5.56 Å². The number of nitrogens with one attached hydrogen (secondary N) is 1. The van der Waals surface area contributed by atoms with Crippen molar-refractivity contribution in [1.82, 2.24) is 9.97 Å². The standard InChI is InChI=1S/C18H7BrN6O/c19-12-5-13(25-24-9(6-20)7-21)14-15-16(22-8-23-17(12)15)10-3-1-2-4-11(10)18(14)26/h1-5,8,25H. The van der Waals surface area contributed by atoms with Crippen molar-refractivity contribution in [1.29, 1.82) is 10.5 Å². The Morgan fingerprint density at radius 3 is 2.62 bits per heavy atom. The Labute approximate surface area is 155 Å². The highest BCUT2D eigenvalue weighted by atomic mass is 79.9. The molecule has 3 aromatic rings. The first kappa shape index (κ1) is 15.9. The van der Waals surface area contributed by atoms with Gasteiger partial charge in [-0.05, 0) is 22.0 Å². The molecule has 0 saturated heterocycles. The van der Waals surface area contributed by atoms with Crippen LogP contribution in [0.2, 0.25) is 0 Å². The molecular weight excluding hydrogens is 396 g/mol. The predicted octanol–water partition coefficient (Wildman–Crippen LogP) is 3.42. The van der Waals surface area contributed by atoms with Crippen LogP contribution in [0.15, 0.2) is 46.2 Å². The number of nitrogens with zero attached hydrogens (tertiary/aromatic N) is 5. The van der Waals surface area contributed by atoms with Crippen molar-refractivity contribution in [3.8, 4) is 23.4 Å². The predicted molar refractivity (Wildman–Crippen MR) is 98.4 cm³/mol. The summed E-state index contributed by atoms with van der Waals surface area (Å²) in [6.07, 6.45) is 1.45. The summed E-state index contributed by atoms with van der Waals surface area (Å²) in [5, 5.41) is 22.1. The molecule has 0 amide bonds. The largest absolute Gasteiger partial charge is 0.288 e. The molecule has 0 unspecified atom stereocenters. The monoisotopic (exact) mass is 402 g/mol. The molecule has 4 rings (SSSR count). The van der Waals surface area contributed by atoms with E-state index < -0.39 is 0 Å². The van der Waals surface area contributed by atoms with Gasteiger partial charge in [0.05, 0.1) is 22.5 Å². The van der Waals surface area contributed by atoms with E-state index in [2.05, 4.69) is 36.4 Å². The van der Waals surface area contributed by atoms with Gasteiger partial charge < -0.3 is 0 Å². The molecule has 7 nitrogen and oxygen atoms in total. The minimum Gasteiger partial charge on any atom is -0.288 e. The number of anilines is 1. The smallest absolute Gasteiger partial charge is 0.237 e. The highest BCUT2D eigenvalue weighted by molar-refractivity contribution is 9.10. The van der Waals surface area contributed by atoms with Crippen LogP contribution in [0.1, 0.15) is 15.9 Å². The van der Waals surface area contributed by atoms with Crippen LogP contribution in [0.5, 0.6) is 0 Å². The normalized spacial score (nSPS) is 11.3. The van der Waals surface area contributed by atoms with Gasteiger partial charge in [0.2, 0.25) is 5.71 Å². The molecular formula is C18H7BrN6O. The maximum Gasteiger partial charge on any atom is 0.237 e. The maximum atomic E-state index is 13.1. The highest BCUT2D eigenvalue weighted by Crippen LogP contribution is 2.42. The number of ketones is 1. The van der Waals surface area contributed by atoms with Crippen LogP contribution in [0.4, 0.5) is 5.69 Å². The summed E-state index contributed by atoms with van der Waals surface area (Å²) in [4.78, 5) is 21.8. The Kier molecular flexibility index (Phi) is 3.68. The van der Waals surface area contributed by atoms with E-state index in [4.69, 9.17) is 10.5 Å². The average molecular weight is 403 g/mol. The number of aromatic nitrogens is 2. The highest BCUT2D eigenvalue weighted by Gasteiger charge is 2.30. The van der Waals surface area contributed by atoms with E-state index in [1.165, 1.54) is 6.33 Å². The van der Waals surface area contributed by atoms with Gasteiger partial charge in [-0.1, -0.05) is 24.3 Å². The fraction of sp³-hybridized carbons (Fsp3) is 0. The SMILES string of the molecule is N#CC(C#N)=NNc1cc(Br)c2ncnc3c2c1C(=O)c1ccccc1-3. The van der Waals surface area contributed by atoms with Gasteiger partial charge in [-0.3, -0.25) is 10.2 Å². The van der Waals surface area contributed by atoms with Crippen molar-refractivity contribution in [3.05, 3.63) is 52.3 Å². The molecule has 1 aliphatic carbocycles. The molecule has 122 valence electrons. The number of fused-ring (bicyclic) bond motifs is 2. The lowest BCUT2D eigenvalue weighted by molar-refractivity contribution is 0.104. The third kappa shape index (κ3) is 2.25. The fourth-order valence-electron chi connectivity index (χ4n) is 2.95. The molecule has 0 atom stereocenters. The van der Waals surface area contributed by atoms with Gasteiger partial charge >= 0.3 is 0 Å². The van der Waals surface area contributed by atoms with E-state index in [-0.39, 0.29) is 11.5 Å². The van der Waals surface area contributed by atoms with Crippen molar-refractivity contribution in [2.24, 2.45) is 5.10 Å². The second kappa shape index (κ2) is 6.03. The summed E-state index contributed by atoms with van der Waals surface area (Å²) in [6.45, 7) is 0. The molecule has 1 aromatic heterocycles. The summed E-state index contributed by atoms with van der Waals surface area (Å²) in [7, 11) is 0. The number of hydrogen-bond donors (Lipinski definition) is 1. The molecule has 0 radical (unpaired) electrons. The Hall–Kier alpha value is -3.62. The van der Waals surface area contributed by atoms with Crippen LogP contribution in [0.25, 0.3) is 22.2 Å². The average Bonchev–Trinajstić information content (AvgIpc) is 2.68. The molecule has 26 heavy (non-hydrogen) atoms. The number of hydrogen-bond acceptors (Lipinski definition) is 7. The van der Waals surface area contributed by atoms with Crippen LogP contribution in [0, 0.1) is 22.7 Å². The Bertz CT molecular complexity index is 1200. The quantitative estimate of drug-likeness (QED) is 0.405. The minimum atomic E-state index is -0.346. The number of nitriles is 2. The van der Waals surface area contributed by atoms with Gasteiger partial charge in [-0.25, -0.2) is 9.97 Å². The number of carbonyl (C=O) groups excluding carboxylic acids is 1. The van der Waals surface area contributed by atoms with Crippen LogP contribution >= 0.6 is 15.9 Å².